The molecule has 1 aromatic rings. The summed E-state index contributed by atoms with van der Waals surface area (Å²) < 4.78 is 1.51. The van der Waals surface area contributed by atoms with E-state index in [1.54, 1.807) is 6.20 Å². The van der Waals surface area contributed by atoms with Gasteiger partial charge >= 0.3 is 0 Å². The van der Waals surface area contributed by atoms with Crippen molar-refractivity contribution in [3.05, 3.63) is 11.9 Å². The first-order valence-electron chi connectivity index (χ1n) is 5.37. The van der Waals surface area contributed by atoms with Gasteiger partial charge in [0.05, 0.1) is 19.3 Å². The topological polar surface area (TPSA) is 106 Å². The standard InChI is InChI=1S/C9H14N6O2/c10-1-3-15-5-7(12-13-15)9(17)14-4-2-11-8(16)6-14/h5H,1-4,6,10H2,(H,11,16). The molecule has 0 aliphatic carbocycles. The number of carbonyl (C=O) groups excluding carboxylic acids is 2. The first kappa shape index (κ1) is 11.5. The highest BCUT2D eigenvalue weighted by molar-refractivity contribution is 5.95. The molecular formula is C9H14N6O2. The van der Waals surface area contributed by atoms with Gasteiger partial charge in [0.15, 0.2) is 5.69 Å². The zero-order chi connectivity index (χ0) is 12.3. The molecule has 2 amide bonds. The molecule has 0 radical (unpaired) electrons. The van der Waals surface area contributed by atoms with Crippen molar-refractivity contribution in [3.63, 3.8) is 0 Å². The Kier molecular flexibility index (Phi) is 3.33. The van der Waals surface area contributed by atoms with E-state index in [-0.39, 0.29) is 24.1 Å². The van der Waals surface area contributed by atoms with Gasteiger partial charge < -0.3 is 16.0 Å². The van der Waals surface area contributed by atoms with E-state index in [0.717, 1.165) is 0 Å². The summed E-state index contributed by atoms with van der Waals surface area (Å²) in [5, 5.41) is 10.2. The first-order chi connectivity index (χ1) is 8.20. The van der Waals surface area contributed by atoms with Crippen LogP contribution in [0.1, 0.15) is 10.5 Å². The third-order valence-corrected chi connectivity index (χ3v) is 2.44. The minimum atomic E-state index is -0.275. The Hall–Kier alpha value is -1.96. The van der Waals surface area contributed by atoms with Crippen LogP contribution in [0.2, 0.25) is 0 Å². The lowest BCUT2D eigenvalue weighted by atomic mass is 10.3. The van der Waals surface area contributed by atoms with Gasteiger partial charge in [-0.25, -0.2) is 0 Å². The van der Waals surface area contributed by atoms with E-state index in [0.29, 0.717) is 26.2 Å². The van der Waals surface area contributed by atoms with Crippen LogP contribution in [0.4, 0.5) is 0 Å². The fourth-order valence-electron chi connectivity index (χ4n) is 1.61. The van der Waals surface area contributed by atoms with Crippen molar-refractivity contribution in [2.45, 2.75) is 6.54 Å². The van der Waals surface area contributed by atoms with Crippen molar-refractivity contribution < 1.29 is 9.59 Å². The average Bonchev–Trinajstić information content (AvgIpc) is 2.77. The number of nitrogens with zero attached hydrogens (tertiary/aromatic N) is 4. The van der Waals surface area contributed by atoms with Gasteiger partial charge in [-0.05, 0) is 0 Å². The number of hydrogen-bond acceptors (Lipinski definition) is 5. The summed E-state index contributed by atoms with van der Waals surface area (Å²) in [4.78, 5) is 24.6. The molecule has 2 rings (SSSR count). The molecule has 0 saturated carbocycles. The maximum Gasteiger partial charge on any atom is 0.276 e. The third kappa shape index (κ3) is 2.59. The van der Waals surface area contributed by atoms with Crippen molar-refractivity contribution in [1.82, 2.24) is 25.2 Å². The Morgan fingerprint density at radius 1 is 1.59 bits per heavy atom. The molecule has 8 nitrogen and oxygen atoms in total. The number of amides is 2. The number of carbonyl (C=O) groups is 2. The van der Waals surface area contributed by atoms with Crippen LogP contribution in [0.5, 0.6) is 0 Å². The molecule has 1 aromatic heterocycles. The van der Waals surface area contributed by atoms with Crippen molar-refractivity contribution >= 4 is 11.8 Å². The molecule has 1 aliphatic rings. The number of aromatic nitrogens is 3. The Morgan fingerprint density at radius 2 is 2.41 bits per heavy atom. The molecule has 0 unspecified atom stereocenters. The molecule has 3 N–H and O–H groups in total. The SMILES string of the molecule is NCCn1cc(C(=O)N2CCNC(=O)C2)nn1. The number of nitrogens with two attached hydrogens (primary N) is 1. The first-order valence-corrected chi connectivity index (χ1v) is 5.37. The number of piperazine rings is 1. The smallest absolute Gasteiger partial charge is 0.276 e. The summed E-state index contributed by atoms with van der Waals surface area (Å²) in [5.74, 6) is -0.429. The summed E-state index contributed by atoms with van der Waals surface area (Å²) in [7, 11) is 0. The van der Waals surface area contributed by atoms with Gasteiger partial charge in [0.25, 0.3) is 5.91 Å². The highest BCUT2D eigenvalue weighted by atomic mass is 16.2. The highest BCUT2D eigenvalue weighted by Gasteiger charge is 2.24. The third-order valence-electron chi connectivity index (χ3n) is 2.44. The highest BCUT2D eigenvalue weighted by Crippen LogP contribution is 2.02. The van der Waals surface area contributed by atoms with Crippen LogP contribution in [0.25, 0.3) is 0 Å². The van der Waals surface area contributed by atoms with E-state index in [9.17, 15) is 9.59 Å². The lowest BCUT2D eigenvalue weighted by molar-refractivity contribution is -0.123. The molecule has 8 heteroatoms. The molecular weight excluding hydrogens is 224 g/mol. The normalized spacial score (nSPS) is 15.8. The van der Waals surface area contributed by atoms with Crippen LogP contribution >= 0.6 is 0 Å². The number of rotatable bonds is 3. The molecule has 0 spiro atoms. The van der Waals surface area contributed by atoms with Crippen LogP contribution < -0.4 is 11.1 Å². The molecule has 92 valence electrons. The summed E-state index contributed by atoms with van der Waals surface area (Å²) >= 11 is 0. The van der Waals surface area contributed by atoms with Gasteiger partial charge in [0.2, 0.25) is 5.91 Å². The second kappa shape index (κ2) is 4.91. The summed E-state index contributed by atoms with van der Waals surface area (Å²) in [6.45, 7) is 1.99. The van der Waals surface area contributed by atoms with Crippen LogP contribution in [-0.4, -0.2) is 57.9 Å². The fraction of sp³-hybridized carbons (Fsp3) is 0.556. The lowest BCUT2D eigenvalue weighted by Gasteiger charge is -2.25. The van der Waals surface area contributed by atoms with E-state index in [4.69, 9.17) is 5.73 Å². The maximum absolute atomic E-state index is 12.0. The number of nitrogens with one attached hydrogen (secondary N) is 1. The van der Waals surface area contributed by atoms with Crippen LogP contribution in [0.3, 0.4) is 0 Å². The van der Waals surface area contributed by atoms with Gasteiger partial charge in [-0.15, -0.1) is 5.10 Å². The zero-order valence-electron chi connectivity index (χ0n) is 9.30. The Balaban J connectivity index is 2.05. The van der Waals surface area contributed by atoms with Crippen molar-refractivity contribution in [2.24, 2.45) is 5.73 Å². The second-order valence-corrected chi connectivity index (χ2v) is 3.73. The minimum Gasteiger partial charge on any atom is -0.353 e. The zero-order valence-corrected chi connectivity index (χ0v) is 9.30. The molecule has 0 atom stereocenters. The van der Waals surface area contributed by atoms with Crippen LogP contribution in [0, 0.1) is 0 Å². The van der Waals surface area contributed by atoms with Gasteiger partial charge in [-0.3, -0.25) is 14.3 Å². The summed E-state index contributed by atoms with van der Waals surface area (Å²) in [6.07, 6.45) is 1.54. The molecule has 1 fully saturated rings. The van der Waals surface area contributed by atoms with Gasteiger partial charge in [0, 0.05) is 19.6 Å². The second-order valence-electron chi connectivity index (χ2n) is 3.73. The monoisotopic (exact) mass is 238 g/mol. The van der Waals surface area contributed by atoms with Crippen LogP contribution in [-0.2, 0) is 11.3 Å². The predicted molar refractivity (Wildman–Crippen MR) is 58.0 cm³/mol. The molecule has 2 heterocycles. The minimum absolute atomic E-state index is 0.0720. The lowest BCUT2D eigenvalue weighted by Crippen LogP contribution is -2.50. The van der Waals surface area contributed by atoms with Crippen molar-refractivity contribution in [3.8, 4) is 0 Å². The molecule has 0 bridgehead atoms. The fourth-order valence-corrected chi connectivity index (χ4v) is 1.61. The van der Waals surface area contributed by atoms with Gasteiger partial charge in [-0.1, -0.05) is 5.21 Å². The maximum atomic E-state index is 12.0. The molecule has 1 aliphatic heterocycles. The van der Waals surface area contributed by atoms with E-state index in [1.165, 1.54) is 9.58 Å². The van der Waals surface area contributed by atoms with E-state index in [1.807, 2.05) is 0 Å². The average molecular weight is 238 g/mol. The molecule has 0 aromatic carbocycles. The van der Waals surface area contributed by atoms with Crippen molar-refractivity contribution in [2.75, 3.05) is 26.2 Å². The van der Waals surface area contributed by atoms with Crippen LogP contribution in [0.15, 0.2) is 6.20 Å². The Morgan fingerprint density at radius 3 is 3.12 bits per heavy atom. The van der Waals surface area contributed by atoms with Crippen molar-refractivity contribution in [1.29, 1.82) is 0 Å². The summed E-state index contributed by atoms with van der Waals surface area (Å²) in [5.41, 5.74) is 5.61. The van der Waals surface area contributed by atoms with Gasteiger partial charge in [-0.2, -0.15) is 0 Å². The predicted octanol–water partition coefficient (Wildman–Crippen LogP) is -2.19. The Bertz CT molecular complexity index is 429. The van der Waals surface area contributed by atoms with E-state index >= 15 is 0 Å². The molecule has 17 heavy (non-hydrogen) atoms. The van der Waals surface area contributed by atoms with Gasteiger partial charge in [0.1, 0.15) is 0 Å². The summed E-state index contributed by atoms with van der Waals surface area (Å²) in [6, 6.07) is 0. The largest absolute Gasteiger partial charge is 0.353 e. The van der Waals surface area contributed by atoms with E-state index < -0.39 is 0 Å². The van der Waals surface area contributed by atoms with E-state index in [2.05, 4.69) is 15.6 Å². The Labute approximate surface area is 97.7 Å². The quantitative estimate of drug-likeness (QED) is 0.622. The molecule has 1 saturated heterocycles. The number of hydrogen-bond donors (Lipinski definition) is 2.